The molecule has 0 N–H and O–H groups in total. The molecule has 3 aromatic rings. The smallest absolute Gasteiger partial charge is 0.293 e. The first-order valence-electron chi connectivity index (χ1n) is 7.17. The van der Waals surface area contributed by atoms with Crippen LogP contribution in [0.15, 0.2) is 63.6 Å². The van der Waals surface area contributed by atoms with E-state index < -0.39 is 5.91 Å². The molecule has 24 heavy (non-hydrogen) atoms. The van der Waals surface area contributed by atoms with Gasteiger partial charge in [-0.2, -0.15) is 4.99 Å². The summed E-state index contributed by atoms with van der Waals surface area (Å²) in [6.45, 7) is 0. The van der Waals surface area contributed by atoms with Crippen LogP contribution < -0.4 is 9.70 Å². The third-order valence-corrected chi connectivity index (χ3v) is 4.34. The zero-order valence-corrected chi connectivity index (χ0v) is 14.0. The summed E-state index contributed by atoms with van der Waals surface area (Å²) in [6.07, 6.45) is 3.26. The third kappa shape index (κ3) is 3.07. The van der Waals surface area contributed by atoms with Gasteiger partial charge in [0.2, 0.25) is 0 Å². The van der Waals surface area contributed by atoms with Crippen LogP contribution >= 0.6 is 11.3 Å². The predicted molar refractivity (Wildman–Crippen MR) is 91.1 cm³/mol. The molecule has 0 fully saturated rings. The second-order valence-corrected chi connectivity index (χ2v) is 5.95. The van der Waals surface area contributed by atoms with Gasteiger partial charge in [-0.3, -0.25) is 9.59 Å². The Morgan fingerprint density at radius 2 is 2.00 bits per heavy atom. The number of rotatable bonds is 3. The van der Waals surface area contributed by atoms with E-state index in [2.05, 4.69) is 4.99 Å². The molecule has 1 aromatic carbocycles. The van der Waals surface area contributed by atoms with Crippen molar-refractivity contribution in [3.63, 3.8) is 0 Å². The molecule has 2 heterocycles. The number of hydrogen-bond donors (Lipinski definition) is 0. The molecular weight excluding hydrogens is 326 g/mol. The van der Waals surface area contributed by atoms with Crippen molar-refractivity contribution in [1.29, 1.82) is 0 Å². The molecule has 0 saturated carbocycles. The molecule has 2 amide bonds. The summed E-state index contributed by atoms with van der Waals surface area (Å²) >= 11 is 1.37. The number of thiazole rings is 1. The number of nitrogens with zero attached hydrogens (tertiary/aromatic N) is 3. The van der Waals surface area contributed by atoms with Gasteiger partial charge in [0.25, 0.3) is 11.8 Å². The molecule has 2 aromatic heterocycles. The molecule has 0 saturated heterocycles. The molecule has 0 aliphatic carbocycles. The predicted octanol–water partition coefficient (Wildman–Crippen LogP) is 2.70. The molecule has 0 radical (unpaired) electrons. The van der Waals surface area contributed by atoms with E-state index in [1.54, 1.807) is 48.0 Å². The number of carbonyl (C=O) groups is 2. The minimum absolute atomic E-state index is 0.210. The number of aromatic nitrogens is 1. The van der Waals surface area contributed by atoms with Crippen LogP contribution in [0.25, 0.3) is 0 Å². The Bertz CT molecular complexity index is 938. The van der Waals surface area contributed by atoms with Gasteiger partial charge in [-0.05, 0) is 24.3 Å². The van der Waals surface area contributed by atoms with Gasteiger partial charge in [0.05, 0.1) is 17.5 Å². The second kappa shape index (κ2) is 6.67. The largest absolute Gasteiger partial charge is 0.459 e. The number of amides is 2. The Labute approximate surface area is 142 Å². The first-order valence-corrected chi connectivity index (χ1v) is 8.05. The van der Waals surface area contributed by atoms with E-state index >= 15 is 0 Å². The van der Waals surface area contributed by atoms with Crippen LogP contribution in [-0.2, 0) is 7.05 Å². The van der Waals surface area contributed by atoms with E-state index in [9.17, 15) is 9.59 Å². The van der Waals surface area contributed by atoms with Gasteiger partial charge in [-0.1, -0.05) is 12.1 Å². The van der Waals surface area contributed by atoms with Crippen molar-refractivity contribution in [2.75, 3.05) is 11.9 Å². The fourth-order valence-electron chi connectivity index (χ4n) is 2.20. The fraction of sp³-hybridized carbons (Fsp3) is 0.118. The van der Waals surface area contributed by atoms with Crippen molar-refractivity contribution in [2.45, 2.75) is 0 Å². The molecule has 0 aliphatic heterocycles. The van der Waals surface area contributed by atoms with Gasteiger partial charge in [-0.15, -0.1) is 11.3 Å². The molecule has 0 bridgehead atoms. The Hall–Kier alpha value is -2.93. The van der Waals surface area contributed by atoms with Crippen LogP contribution in [0, 0.1) is 0 Å². The van der Waals surface area contributed by atoms with Crippen LogP contribution in [0.3, 0.4) is 0 Å². The van der Waals surface area contributed by atoms with Crippen molar-refractivity contribution in [1.82, 2.24) is 4.57 Å². The minimum Gasteiger partial charge on any atom is -0.459 e. The zero-order chi connectivity index (χ0) is 17.1. The number of carbonyl (C=O) groups excluding carboxylic acids is 2. The second-order valence-electron chi connectivity index (χ2n) is 5.07. The van der Waals surface area contributed by atoms with E-state index in [0.29, 0.717) is 16.1 Å². The maximum absolute atomic E-state index is 12.6. The molecule has 7 heteroatoms. The molecular formula is C17H15N3O3S. The summed E-state index contributed by atoms with van der Waals surface area (Å²) < 4.78 is 6.90. The van der Waals surface area contributed by atoms with E-state index in [1.165, 1.54) is 22.5 Å². The molecule has 0 atom stereocenters. The molecule has 0 spiro atoms. The van der Waals surface area contributed by atoms with Crippen LogP contribution in [0.4, 0.5) is 5.69 Å². The lowest BCUT2D eigenvalue weighted by Gasteiger charge is -2.18. The van der Waals surface area contributed by atoms with Gasteiger partial charge in [0.15, 0.2) is 10.6 Å². The van der Waals surface area contributed by atoms with Crippen molar-refractivity contribution in [3.05, 3.63) is 70.4 Å². The fourth-order valence-corrected chi connectivity index (χ4v) is 2.93. The monoisotopic (exact) mass is 341 g/mol. The molecule has 0 unspecified atom stereocenters. The lowest BCUT2D eigenvalue weighted by molar-refractivity contribution is 0.0966. The van der Waals surface area contributed by atoms with E-state index in [1.807, 2.05) is 18.6 Å². The summed E-state index contributed by atoms with van der Waals surface area (Å²) in [6, 6.07) is 10.1. The molecule has 122 valence electrons. The average molecular weight is 341 g/mol. The Kier molecular flexibility index (Phi) is 4.43. The lowest BCUT2D eigenvalue weighted by atomic mass is 10.1. The summed E-state index contributed by atoms with van der Waals surface area (Å²) in [5.74, 6) is -0.522. The van der Waals surface area contributed by atoms with Gasteiger partial charge in [0, 0.05) is 25.7 Å². The van der Waals surface area contributed by atoms with Crippen LogP contribution in [0.2, 0.25) is 0 Å². The van der Waals surface area contributed by atoms with E-state index in [-0.39, 0.29) is 11.7 Å². The van der Waals surface area contributed by atoms with E-state index in [4.69, 9.17) is 4.42 Å². The standard InChI is InChI=1S/C17H15N3O3S/c1-19-9-11-24-17(19)18-15(21)12-6-3-4-7-13(12)20(2)16(22)14-8-5-10-23-14/h3-11H,1-2H3. The van der Waals surface area contributed by atoms with Gasteiger partial charge < -0.3 is 13.9 Å². The molecule has 0 aliphatic rings. The van der Waals surface area contributed by atoms with Crippen molar-refractivity contribution >= 4 is 28.8 Å². The number of aryl methyl sites for hydroxylation is 1. The molecule has 3 rings (SSSR count). The first kappa shape index (κ1) is 15.9. The summed E-state index contributed by atoms with van der Waals surface area (Å²) in [5.41, 5.74) is 0.833. The molecule has 6 nitrogen and oxygen atoms in total. The Morgan fingerprint density at radius 1 is 1.21 bits per heavy atom. The maximum atomic E-state index is 12.6. The summed E-state index contributed by atoms with van der Waals surface area (Å²) in [5, 5.41) is 1.85. The zero-order valence-electron chi connectivity index (χ0n) is 13.2. The quantitative estimate of drug-likeness (QED) is 0.735. The highest BCUT2D eigenvalue weighted by Gasteiger charge is 2.21. The number of benzene rings is 1. The summed E-state index contributed by atoms with van der Waals surface area (Å²) in [4.78, 5) is 31.1. The van der Waals surface area contributed by atoms with Gasteiger partial charge >= 0.3 is 0 Å². The average Bonchev–Trinajstić information content (AvgIpc) is 3.26. The highest BCUT2D eigenvalue weighted by Crippen LogP contribution is 2.22. The van der Waals surface area contributed by atoms with Crippen molar-refractivity contribution in [2.24, 2.45) is 12.0 Å². The summed E-state index contributed by atoms with van der Waals surface area (Å²) in [7, 11) is 3.42. The van der Waals surface area contributed by atoms with Crippen LogP contribution in [-0.4, -0.2) is 23.4 Å². The van der Waals surface area contributed by atoms with Crippen LogP contribution in [0.5, 0.6) is 0 Å². The number of hydrogen-bond acceptors (Lipinski definition) is 4. The Balaban J connectivity index is 1.98. The normalized spacial score (nSPS) is 11.5. The third-order valence-electron chi connectivity index (χ3n) is 3.49. The number of para-hydroxylation sites is 1. The van der Waals surface area contributed by atoms with Gasteiger partial charge in [-0.25, -0.2) is 0 Å². The van der Waals surface area contributed by atoms with Crippen molar-refractivity contribution < 1.29 is 14.0 Å². The highest BCUT2D eigenvalue weighted by molar-refractivity contribution is 7.07. The maximum Gasteiger partial charge on any atom is 0.293 e. The number of anilines is 1. The first-order chi connectivity index (χ1) is 11.6. The topological polar surface area (TPSA) is 67.8 Å². The van der Waals surface area contributed by atoms with Crippen molar-refractivity contribution in [3.8, 4) is 0 Å². The lowest BCUT2D eigenvalue weighted by Crippen LogP contribution is -2.27. The van der Waals surface area contributed by atoms with E-state index in [0.717, 1.165) is 0 Å². The Morgan fingerprint density at radius 3 is 2.67 bits per heavy atom. The highest BCUT2D eigenvalue weighted by atomic mass is 32.1. The SMILES string of the molecule is CN(C(=O)c1ccco1)c1ccccc1C(=O)N=c1sccn1C. The van der Waals surface area contributed by atoms with Crippen LogP contribution in [0.1, 0.15) is 20.9 Å². The minimum atomic E-state index is -0.400. The number of furan rings is 1. The van der Waals surface area contributed by atoms with Gasteiger partial charge in [0.1, 0.15) is 0 Å².